The number of fused-ring (bicyclic) bond motifs is 1. The zero-order valence-corrected chi connectivity index (χ0v) is 16.3. The largest absolute Gasteiger partial charge is 0.410 e. The molecule has 0 spiro atoms. The van der Waals surface area contributed by atoms with Crippen molar-refractivity contribution >= 4 is 11.7 Å². The van der Waals surface area contributed by atoms with Crippen LogP contribution in [-0.4, -0.2) is 55.9 Å². The molecule has 0 unspecified atom stereocenters. The number of hydrogen-bond donors (Lipinski definition) is 1. The summed E-state index contributed by atoms with van der Waals surface area (Å²) in [5, 5.41) is 7.40. The molecule has 4 rings (SSSR count). The van der Waals surface area contributed by atoms with Gasteiger partial charge >= 0.3 is 6.18 Å². The average Bonchev–Trinajstić information content (AvgIpc) is 3.10. The number of amides is 1. The summed E-state index contributed by atoms with van der Waals surface area (Å²) >= 11 is 0. The second-order valence-electron chi connectivity index (χ2n) is 7.85. The first-order chi connectivity index (χ1) is 13.7. The van der Waals surface area contributed by atoms with Crippen LogP contribution in [0.1, 0.15) is 60.0 Å². The summed E-state index contributed by atoms with van der Waals surface area (Å²) in [6.07, 6.45) is -0.0547. The summed E-state index contributed by atoms with van der Waals surface area (Å²) in [5.41, 5.74) is 1.69. The molecule has 10 heteroatoms. The first-order valence-corrected chi connectivity index (χ1v) is 9.73. The number of piperidine rings is 1. The Morgan fingerprint density at radius 3 is 2.55 bits per heavy atom. The van der Waals surface area contributed by atoms with Crippen molar-refractivity contribution in [2.75, 3.05) is 18.4 Å². The minimum atomic E-state index is -4.33. The van der Waals surface area contributed by atoms with E-state index in [2.05, 4.69) is 20.4 Å². The van der Waals surface area contributed by atoms with E-state index in [4.69, 9.17) is 0 Å². The van der Waals surface area contributed by atoms with Crippen molar-refractivity contribution in [2.24, 2.45) is 0 Å². The van der Waals surface area contributed by atoms with Crippen LogP contribution < -0.4 is 5.32 Å². The van der Waals surface area contributed by atoms with E-state index in [1.165, 1.54) is 6.20 Å². The molecular formula is C19H23F3N6O. The van der Waals surface area contributed by atoms with Crippen molar-refractivity contribution in [2.45, 2.75) is 57.3 Å². The number of hydrogen-bond acceptors (Lipinski definition) is 5. The Morgan fingerprint density at radius 2 is 1.93 bits per heavy atom. The third-order valence-electron chi connectivity index (χ3n) is 5.60. The molecule has 0 aromatic carbocycles. The fourth-order valence-electron chi connectivity index (χ4n) is 4.02. The van der Waals surface area contributed by atoms with Gasteiger partial charge in [-0.05, 0) is 33.1 Å². The summed E-state index contributed by atoms with van der Waals surface area (Å²) in [6, 6.07) is -0.153. The van der Waals surface area contributed by atoms with E-state index in [0.29, 0.717) is 43.1 Å². The molecule has 0 aliphatic carbocycles. The van der Waals surface area contributed by atoms with E-state index in [1.54, 1.807) is 31.0 Å². The number of carbonyl (C=O) groups is 1. The number of rotatable bonds is 2. The minimum Gasteiger partial charge on any atom is -0.368 e. The molecular weight excluding hydrogens is 385 g/mol. The van der Waals surface area contributed by atoms with Gasteiger partial charge < -0.3 is 10.2 Å². The predicted octanol–water partition coefficient (Wildman–Crippen LogP) is 3.31. The lowest BCUT2D eigenvalue weighted by atomic mass is 9.93. The van der Waals surface area contributed by atoms with Gasteiger partial charge in [0.1, 0.15) is 11.5 Å². The molecule has 1 amide bonds. The zero-order chi connectivity index (χ0) is 20.8. The van der Waals surface area contributed by atoms with Gasteiger partial charge in [0.2, 0.25) is 0 Å². The highest BCUT2D eigenvalue weighted by Gasteiger charge is 2.45. The Labute approximate surface area is 166 Å². The van der Waals surface area contributed by atoms with Gasteiger partial charge in [0.25, 0.3) is 5.91 Å². The van der Waals surface area contributed by atoms with E-state index in [-0.39, 0.29) is 24.3 Å². The van der Waals surface area contributed by atoms with Crippen molar-refractivity contribution in [3.63, 3.8) is 0 Å². The van der Waals surface area contributed by atoms with Crippen LogP contribution in [0.2, 0.25) is 0 Å². The molecule has 0 radical (unpaired) electrons. The Bertz CT molecular complexity index is 886. The van der Waals surface area contributed by atoms with Crippen LogP contribution >= 0.6 is 0 Å². The number of alkyl halides is 3. The highest BCUT2D eigenvalue weighted by atomic mass is 19.4. The number of nitrogens with one attached hydrogen (secondary N) is 1. The topological polar surface area (TPSA) is 75.9 Å². The maximum absolute atomic E-state index is 13.4. The van der Waals surface area contributed by atoms with Crippen molar-refractivity contribution in [3.05, 3.63) is 35.5 Å². The van der Waals surface area contributed by atoms with Crippen molar-refractivity contribution < 1.29 is 18.0 Å². The lowest BCUT2D eigenvalue weighted by Crippen LogP contribution is -2.38. The molecule has 2 aliphatic heterocycles. The average molecular weight is 408 g/mol. The van der Waals surface area contributed by atoms with Gasteiger partial charge in [0.15, 0.2) is 6.04 Å². The Hall–Kier alpha value is -2.65. The summed E-state index contributed by atoms with van der Waals surface area (Å²) in [5.74, 6) is 0.259. The molecule has 4 heterocycles. The molecule has 2 atom stereocenters. The van der Waals surface area contributed by atoms with Crippen molar-refractivity contribution in [3.8, 4) is 0 Å². The molecule has 0 saturated carbocycles. The summed E-state index contributed by atoms with van der Waals surface area (Å²) in [6.45, 7) is 4.56. The van der Waals surface area contributed by atoms with Crippen molar-refractivity contribution in [1.82, 2.24) is 24.6 Å². The van der Waals surface area contributed by atoms with Crippen LogP contribution in [-0.2, 0) is 0 Å². The SMILES string of the molecule is Cc1cnc(C(=O)N2CCC(c3cc4n(n3)[C@@H](C(F)(F)F)C[C@@H](C)N4)CC2)cn1. The fourth-order valence-corrected chi connectivity index (χ4v) is 4.02. The molecule has 2 aromatic heterocycles. The summed E-state index contributed by atoms with van der Waals surface area (Å²) in [4.78, 5) is 22.5. The molecule has 1 N–H and O–H groups in total. The number of nitrogens with zero attached hydrogens (tertiary/aromatic N) is 5. The predicted molar refractivity (Wildman–Crippen MR) is 99.7 cm³/mol. The highest BCUT2D eigenvalue weighted by molar-refractivity contribution is 5.92. The van der Waals surface area contributed by atoms with Gasteiger partial charge in [-0.15, -0.1) is 0 Å². The molecule has 2 aromatic rings. The Kier molecular flexibility index (Phi) is 4.95. The fraction of sp³-hybridized carbons (Fsp3) is 0.579. The van der Waals surface area contributed by atoms with Crippen LogP contribution in [0, 0.1) is 6.92 Å². The van der Waals surface area contributed by atoms with E-state index >= 15 is 0 Å². The number of halogens is 3. The van der Waals surface area contributed by atoms with Crippen LogP contribution in [0.5, 0.6) is 0 Å². The van der Waals surface area contributed by atoms with Crippen LogP contribution in [0.4, 0.5) is 19.0 Å². The van der Waals surface area contributed by atoms with Gasteiger partial charge in [0.05, 0.1) is 17.6 Å². The van der Waals surface area contributed by atoms with Crippen LogP contribution in [0.25, 0.3) is 0 Å². The van der Waals surface area contributed by atoms with E-state index in [0.717, 1.165) is 10.4 Å². The molecule has 1 fully saturated rings. The lowest BCUT2D eigenvalue weighted by molar-refractivity contribution is -0.173. The number of anilines is 1. The second-order valence-corrected chi connectivity index (χ2v) is 7.85. The van der Waals surface area contributed by atoms with E-state index < -0.39 is 12.2 Å². The van der Waals surface area contributed by atoms with Gasteiger partial charge in [-0.2, -0.15) is 18.3 Å². The monoisotopic (exact) mass is 408 g/mol. The smallest absolute Gasteiger partial charge is 0.368 e. The van der Waals surface area contributed by atoms with E-state index in [9.17, 15) is 18.0 Å². The highest BCUT2D eigenvalue weighted by Crippen LogP contribution is 2.40. The zero-order valence-electron chi connectivity index (χ0n) is 16.3. The Morgan fingerprint density at radius 1 is 1.21 bits per heavy atom. The number of likely N-dealkylation sites (tertiary alicyclic amines) is 1. The molecule has 7 nitrogen and oxygen atoms in total. The minimum absolute atomic E-state index is 0.0206. The Balaban J connectivity index is 1.45. The first kappa shape index (κ1) is 19.7. The van der Waals surface area contributed by atoms with Crippen LogP contribution in [0.15, 0.2) is 18.5 Å². The van der Waals surface area contributed by atoms with Gasteiger partial charge in [-0.25, -0.2) is 9.67 Å². The quantitative estimate of drug-likeness (QED) is 0.825. The maximum Gasteiger partial charge on any atom is 0.410 e. The molecule has 29 heavy (non-hydrogen) atoms. The maximum atomic E-state index is 13.4. The number of aryl methyl sites for hydroxylation is 1. The van der Waals surface area contributed by atoms with E-state index in [1.807, 2.05) is 0 Å². The number of carbonyl (C=O) groups excluding carboxylic acids is 1. The second kappa shape index (κ2) is 7.31. The molecule has 2 aliphatic rings. The molecule has 1 saturated heterocycles. The summed E-state index contributed by atoms with van der Waals surface area (Å²) in [7, 11) is 0. The third kappa shape index (κ3) is 3.92. The standard InChI is InChI=1S/C19H23F3N6O/c1-11-7-16(19(20,21)22)28-17(25-11)8-14(26-28)13-3-5-27(6-4-13)18(29)15-10-23-12(2)9-24-15/h8-11,13,16,25H,3-7H2,1-2H3/t11-,16-/m1/s1. The van der Waals surface area contributed by atoms with Crippen LogP contribution in [0.3, 0.4) is 0 Å². The van der Waals surface area contributed by atoms with Gasteiger partial charge in [-0.1, -0.05) is 0 Å². The van der Waals surface area contributed by atoms with Gasteiger partial charge in [-0.3, -0.25) is 9.78 Å². The normalized spacial score (nSPS) is 22.9. The number of aromatic nitrogens is 4. The molecule has 156 valence electrons. The lowest BCUT2D eigenvalue weighted by Gasteiger charge is -2.31. The first-order valence-electron chi connectivity index (χ1n) is 9.73. The summed E-state index contributed by atoms with van der Waals surface area (Å²) < 4.78 is 41.4. The third-order valence-corrected chi connectivity index (χ3v) is 5.60. The van der Waals surface area contributed by atoms with Gasteiger partial charge in [0, 0.05) is 37.3 Å². The van der Waals surface area contributed by atoms with Crippen molar-refractivity contribution in [1.29, 1.82) is 0 Å². The molecule has 0 bridgehead atoms.